The van der Waals surface area contributed by atoms with Crippen molar-refractivity contribution in [1.82, 2.24) is 0 Å². The lowest BCUT2D eigenvalue weighted by Gasteiger charge is -2.45. The third kappa shape index (κ3) is 8.38. The fraction of sp³-hybridized carbons (Fsp3) is 0.345. The highest BCUT2D eigenvalue weighted by molar-refractivity contribution is 5.72. The first kappa shape index (κ1) is 48.6. The normalized spacial score (nSPS) is 21.9. The third-order valence-corrected chi connectivity index (χ3v) is 13.7. The molecule has 3 aliphatic rings. The first-order valence-electron chi connectivity index (χ1n) is 22.9. The molecule has 0 amide bonds. The Labute approximate surface area is 411 Å². The van der Waals surface area contributed by atoms with Crippen LogP contribution in [0.1, 0.15) is 74.7 Å². The molecule has 3 aliphatic heterocycles. The molecule has 0 aliphatic carbocycles. The van der Waals surface area contributed by atoms with Gasteiger partial charge in [-0.15, -0.1) is 0 Å². The maximum absolute atomic E-state index is 13.3. The monoisotopic (exact) mass is 974 g/mol. The van der Waals surface area contributed by atoms with Crippen LogP contribution in [0.15, 0.2) is 91.0 Å². The van der Waals surface area contributed by atoms with Crippen LogP contribution < -0.4 is 61.6 Å². The van der Waals surface area contributed by atoms with Crippen molar-refractivity contribution in [3.05, 3.63) is 136 Å². The van der Waals surface area contributed by atoms with Crippen molar-refractivity contribution in [2.45, 2.75) is 54.9 Å². The summed E-state index contributed by atoms with van der Waals surface area (Å²) in [5, 5.41) is 38.7. The molecule has 3 heterocycles. The summed E-state index contributed by atoms with van der Waals surface area (Å²) in [6.07, 6.45) is -6.94. The van der Waals surface area contributed by atoms with Crippen LogP contribution in [0, 0.1) is 0 Å². The molecule has 16 heteroatoms. The van der Waals surface area contributed by atoms with E-state index in [2.05, 4.69) is 0 Å². The number of hydrogen-bond donors (Lipinski definition) is 3. The lowest BCUT2D eigenvalue weighted by Crippen LogP contribution is -2.40. The van der Waals surface area contributed by atoms with Crippen LogP contribution in [0.5, 0.6) is 74.7 Å². The third-order valence-electron chi connectivity index (χ3n) is 13.7. The SMILES string of the molecule is COc1ccc2c(c1)OC(c1ccc(OC)c(OC)c1)C(O)C2c1c2c(c(OC)c3c1OC(c1ccc(OC)c(OC)c1)C(O)C3c1ccc(OC)cc1OC)CC(O)C(c1ccc(OC)c(OC)c1)O2. The minimum absolute atomic E-state index is 0.00730. The lowest BCUT2D eigenvalue weighted by molar-refractivity contribution is -0.00837. The van der Waals surface area contributed by atoms with Gasteiger partial charge in [-0.25, -0.2) is 0 Å². The van der Waals surface area contributed by atoms with Gasteiger partial charge in [0.25, 0.3) is 0 Å². The molecule has 9 rings (SSSR count). The van der Waals surface area contributed by atoms with Gasteiger partial charge < -0.3 is 76.9 Å². The molecule has 0 bridgehead atoms. The molecule has 0 radical (unpaired) electrons. The average molecular weight is 975 g/mol. The summed E-state index contributed by atoms with van der Waals surface area (Å²) in [7, 11) is 15.4. The Morgan fingerprint density at radius 1 is 0.394 bits per heavy atom. The molecule has 71 heavy (non-hydrogen) atoms. The van der Waals surface area contributed by atoms with E-state index in [1.54, 1.807) is 115 Å². The summed E-state index contributed by atoms with van der Waals surface area (Å²) in [6, 6.07) is 26.7. The van der Waals surface area contributed by atoms with Gasteiger partial charge in [0.2, 0.25) is 0 Å². The molecule has 0 spiro atoms. The zero-order chi connectivity index (χ0) is 50.2. The summed E-state index contributed by atoms with van der Waals surface area (Å²) in [5.74, 6) is 3.44. The Kier molecular flexibility index (Phi) is 13.8. The zero-order valence-electron chi connectivity index (χ0n) is 41.1. The van der Waals surface area contributed by atoms with E-state index in [0.717, 1.165) is 0 Å². The van der Waals surface area contributed by atoms with Gasteiger partial charge in [-0.3, -0.25) is 0 Å². The van der Waals surface area contributed by atoms with Crippen molar-refractivity contribution < 1.29 is 76.9 Å². The number of rotatable bonds is 15. The molecular weight excluding hydrogens is 917 g/mol. The summed E-state index contributed by atoms with van der Waals surface area (Å²) in [5.41, 5.74) is 4.14. The number of aliphatic hydroxyl groups is 3. The van der Waals surface area contributed by atoms with E-state index in [1.165, 1.54) is 28.4 Å². The minimum Gasteiger partial charge on any atom is -0.497 e. The van der Waals surface area contributed by atoms with Crippen molar-refractivity contribution in [3.8, 4) is 74.7 Å². The lowest BCUT2D eigenvalue weighted by atomic mass is 9.72. The Morgan fingerprint density at radius 2 is 0.845 bits per heavy atom. The molecule has 0 saturated carbocycles. The highest BCUT2D eigenvalue weighted by Crippen LogP contribution is 2.62. The molecule has 0 saturated heterocycles. The number of methoxy groups -OCH3 is 10. The van der Waals surface area contributed by atoms with Crippen LogP contribution in [-0.2, 0) is 6.42 Å². The smallest absolute Gasteiger partial charge is 0.161 e. The fourth-order valence-electron chi connectivity index (χ4n) is 10.3. The van der Waals surface area contributed by atoms with Crippen LogP contribution in [0.3, 0.4) is 0 Å². The average Bonchev–Trinajstić information content (AvgIpc) is 3.41. The van der Waals surface area contributed by atoms with E-state index in [4.69, 9.17) is 61.6 Å². The van der Waals surface area contributed by atoms with E-state index >= 15 is 0 Å². The summed E-state index contributed by atoms with van der Waals surface area (Å²) in [6.45, 7) is 0. The Hall–Kier alpha value is -7.40. The summed E-state index contributed by atoms with van der Waals surface area (Å²) in [4.78, 5) is 0. The Morgan fingerprint density at radius 3 is 1.34 bits per heavy atom. The van der Waals surface area contributed by atoms with Gasteiger partial charge in [0.15, 0.2) is 46.7 Å². The van der Waals surface area contributed by atoms with Gasteiger partial charge in [0.1, 0.15) is 58.6 Å². The number of aliphatic hydroxyl groups excluding tert-OH is 3. The predicted molar refractivity (Wildman–Crippen MR) is 260 cm³/mol. The van der Waals surface area contributed by atoms with E-state index < -0.39 is 48.5 Å². The standard InChI is InChI=1S/C55H58O16/c1-59-30-14-16-32(39(24-30)64-6)44-46-53(68-10)34-26-35(56)50(27-11-18-36(61-3)41(21-27)65-7)70-54(34)47(55(46)71-52(49(44)58)29-13-20-38(63-5)43(23-29)67-9)45-33-17-15-31(60-2)25-40(33)69-51(48(45)57)28-12-19-37(62-4)42(22-28)66-8/h11-25,35,44-45,48-52,56-58H,26H2,1-10H3. The van der Waals surface area contributed by atoms with E-state index in [-0.39, 0.29) is 17.9 Å². The number of ether oxygens (including phenoxy) is 13. The molecule has 8 unspecified atom stereocenters. The van der Waals surface area contributed by atoms with Crippen LogP contribution in [0.2, 0.25) is 0 Å². The van der Waals surface area contributed by atoms with E-state index in [0.29, 0.717) is 108 Å². The van der Waals surface area contributed by atoms with Crippen LogP contribution in [-0.4, -0.2) is 105 Å². The topological polar surface area (TPSA) is 181 Å². The molecule has 0 aromatic heterocycles. The van der Waals surface area contributed by atoms with Gasteiger partial charge in [-0.2, -0.15) is 0 Å². The Bertz CT molecular complexity index is 2920. The predicted octanol–water partition coefficient (Wildman–Crippen LogP) is 8.06. The molecular formula is C55H58O16. The fourth-order valence-corrected chi connectivity index (χ4v) is 10.3. The highest BCUT2D eigenvalue weighted by atomic mass is 16.5. The van der Waals surface area contributed by atoms with Gasteiger partial charge in [-0.1, -0.05) is 30.3 Å². The molecule has 374 valence electrons. The first-order chi connectivity index (χ1) is 34.5. The second-order valence-corrected chi connectivity index (χ2v) is 17.2. The number of fused-ring (bicyclic) bond motifs is 3. The quantitative estimate of drug-likeness (QED) is 0.0898. The second-order valence-electron chi connectivity index (χ2n) is 17.2. The molecule has 6 aromatic carbocycles. The Balaban J connectivity index is 1.39. The van der Waals surface area contributed by atoms with E-state index in [1.807, 2.05) is 18.2 Å². The van der Waals surface area contributed by atoms with Gasteiger partial charge in [0.05, 0.1) is 77.2 Å². The largest absolute Gasteiger partial charge is 0.497 e. The van der Waals surface area contributed by atoms with Crippen molar-refractivity contribution in [2.75, 3.05) is 71.1 Å². The van der Waals surface area contributed by atoms with Crippen LogP contribution in [0.4, 0.5) is 0 Å². The van der Waals surface area contributed by atoms with Crippen molar-refractivity contribution in [3.63, 3.8) is 0 Å². The van der Waals surface area contributed by atoms with Crippen molar-refractivity contribution in [2.24, 2.45) is 0 Å². The van der Waals surface area contributed by atoms with Crippen molar-refractivity contribution in [1.29, 1.82) is 0 Å². The van der Waals surface area contributed by atoms with Crippen molar-refractivity contribution >= 4 is 0 Å². The molecule has 6 aromatic rings. The van der Waals surface area contributed by atoms with Crippen LogP contribution >= 0.6 is 0 Å². The molecule has 0 fully saturated rings. The maximum atomic E-state index is 13.3. The van der Waals surface area contributed by atoms with Crippen LogP contribution in [0.25, 0.3) is 0 Å². The van der Waals surface area contributed by atoms with Gasteiger partial charge in [0, 0.05) is 58.2 Å². The summed E-state index contributed by atoms with van der Waals surface area (Å²) < 4.78 is 79.2. The number of hydrogen-bond acceptors (Lipinski definition) is 16. The van der Waals surface area contributed by atoms with Gasteiger partial charge >= 0.3 is 0 Å². The number of benzene rings is 6. The minimum atomic E-state index is -1.37. The maximum Gasteiger partial charge on any atom is 0.161 e. The molecule has 8 atom stereocenters. The van der Waals surface area contributed by atoms with E-state index in [9.17, 15) is 15.3 Å². The zero-order valence-corrected chi connectivity index (χ0v) is 41.1. The molecule has 16 nitrogen and oxygen atoms in total. The summed E-state index contributed by atoms with van der Waals surface area (Å²) >= 11 is 0. The first-order valence-corrected chi connectivity index (χ1v) is 22.9. The highest BCUT2D eigenvalue weighted by Gasteiger charge is 2.51. The van der Waals surface area contributed by atoms with Gasteiger partial charge in [-0.05, 0) is 65.2 Å². The molecule has 3 N–H and O–H groups in total. The second kappa shape index (κ2) is 20.1.